The summed E-state index contributed by atoms with van der Waals surface area (Å²) in [7, 11) is 0. The monoisotopic (exact) mass is 530 g/mol. The van der Waals surface area contributed by atoms with Crippen molar-refractivity contribution in [2.24, 2.45) is 0 Å². The summed E-state index contributed by atoms with van der Waals surface area (Å²) in [5.41, 5.74) is 8.42. The molecule has 4 heterocycles. The standard InChI is InChI=1S/C35H22N4S/c1-4-10-23(11-5-1)29-21-30(24-12-6-2-7-13-24)38-35(37-29)25-16-17-32-27(20-25)33-34(40-32)28-22-36-19-18-31(28)39(33)26-14-8-3-9-15-26/h1-22H. The zero-order valence-corrected chi connectivity index (χ0v) is 22.2. The van der Waals surface area contributed by atoms with E-state index in [-0.39, 0.29) is 0 Å². The van der Waals surface area contributed by atoms with Crippen LogP contribution < -0.4 is 0 Å². The fourth-order valence-corrected chi connectivity index (χ4v) is 6.63. The molecule has 40 heavy (non-hydrogen) atoms. The van der Waals surface area contributed by atoms with Crippen LogP contribution in [-0.4, -0.2) is 19.5 Å². The number of para-hydroxylation sites is 1. The van der Waals surface area contributed by atoms with Gasteiger partial charge in [-0.1, -0.05) is 78.9 Å². The molecule has 0 spiro atoms. The number of nitrogens with zero attached hydrogens (tertiary/aromatic N) is 4. The molecular formula is C35H22N4S. The zero-order chi connectivity index (χ0) is 26.5. The van der Waals surface area contributed by atoms with Gasteiger partial charge in [-0.3, -0.25) is 4.98 Å². The van der Waals surface area contributed by atoms with E-state index in [2.05, 4.69) is 94.5 Å². The molecule has 8 rings (SSSR count). The number of benzene rings is 4. The molecular weight excluding hydrogens is 508 g/mol. The van der Waals surface area contributed by atoms with Gasteiger partial charge in [-0.15, -0.1) is 11.3 Å². The molecule has 0 aliphatic heterocycles. The summed E-state index contributed by atoms with van der Waals surface area (Å²) in [6.07, 6.45) is 3.85. The van der Waals surface area contributed by atoms with Gasteiger partial charge in [-0.2, -0.15) is 0 Å². The number of fused-ring (bicyclic) bond motifs is 5. The summed E-state index contributed by atoms with van der Waals surface area (Å²) in [6, 6.07) is 41.9. The number of rotatable bonds is 4. The fraction of sp³-hybridized carbons (Fsp3) is 0. The average Bonchev–Trinajstić information content (AvgIpc) is 3.56. The first-order valence-electron chi connectivity index (χ1n) is 13.2. The largest absolute Gasteiger partial charge is 0.308 e. The van der Waals surface area contributed by atoms with Crippen molar-refractivity contribution in [2.75, 3.05) is 0 Å². The second-order valence-corrected chi connectivity index (χ2v) is 10.8. The molecule has 0 fully saturated rings. The van der Waals surface area contributed by atoms with Crippen LogP contribution in [0.15, 0.2) is 134 Å². The molecule has 5 heteroatoms. The zero-order valence-electron chi connectivity index (χ0n) is 21.4. The third kappa shape index (κ3) is 3.71. The molecule has 8 aromatic rings. The van der Waals surface area contributed by atoms with Crippen LogP contribution >= 0.6 is 11.3 Å². The minimum absolute atomic E-state index is 0.713. The van der Waals surface area contributed by atoms with Crippen molar-refractivity contribution < 1.29 is 0 Å². The van der Waals surface area contributed by atoms with E-state index in [0.717, 1.165) is 44.7 Å². The molecule has 0 amide bonds. The van der Waals surface area contributed by atoms with E-state index in [1.165, 1.54) is 20.3 Å². The summed E-state index contributed by atoms with van der Waals surface area (Å²) in [6.45, 7) is 0. The van der Waals surface area contributed by atoms with Crippen molar-refractivity contribution in [1.82, 2.24) is 19.5 Å². The minimum atomic E-state index is 0.713. The molecule has 188 valence electrons. The van der Waals surface area contributed by atoms with Crippen LogP contribution in [0.1, 0.15) is 0 Å². The Morgan fingerprint density at radius 2 is 1.23 bits per heavy atom. The molecule has 0 saturated heterocycles. The lowest BCUT2D eigenvalue weighted by atomic mass is 10.1. The van der Waals surface area contributed by atoms with Crippen LogP contribution in [-0.2, 0) is 0 Å². The fourth-order valence-electron chi connectivity index (χ4n) is 5.44. The maximum atomic E-state index is 5.07. The Hall–Kier alpha value is -5.13. The molecule has 0 radical (unpaired) electrons. The van der Waals surface area contributed by atoms with Crippen molar-refractivity contribution in [2.45, 2.75) is 0 Å². The third-order valence-corrected chi connectivity index (χ3v) is 8.50. The molecule has 4 nitrogen and oxygen atoms in total. The first kappa shape index (κ1) is 22.8. The Bertz CT molecular complexity index is 2090. The number of pyridine rings is 1. The van der Waals surface area contributed by atoms with E-state index in [0.29, 0.717) is 5.82 Å². The van der Waals surface area contributed by atoms with Gasteiger partial charge in [0.2, 0.25) is 0 Å². The van der Waals surface area contributed by atoms with Gasteiger partial charge in [0.15, 0.2) is 5.82 Å². The van der Waals surface area contributed by atoms with Crippen molar-refractivity contribution >= 4 is 42.5 Å². The number of hydrogen-bond acceptors (Lipinski definition) is 4. The molecule has 4 aromatic carbocycles. The normalized spacial score (nSPS) is 11.5. The van der Waals surface area contributed by atoms with E-state index in [1.54, 1.807) is 0 Å². The predicted octanol–water partition coefficient (Wildman–Crippen LogP) is 9.18. The highest BCUT2D eigenvalue weighted by Crippen LogP contribution is 2.43. The Balaban J connectivity index is 1.40. The highest BCUT2D eigenvalue weighted by Gasteiger charge is 2.19. The van der Waals surface area contributed by atoms with Crippen molar-refractivity contribution in [3.8, 4) is 39.6 Å². The van der Waals surface area contributed by atoms with E-state index < -0.39 is 0 Å². The van der Waals surface area contributed by atoms with E-state index >= 15 is 0 Å². The second-order valence-electron chi connectivity index (χ2n) is 9.75. The van der Waals surface area contributed by atoms with Gasteiger partial charge in [0.05, 0.1) is 27.1 Å². The number of thiophene rings is 1. The molecule has 0 aliphatic rings. The van der Waals surface area contributed by atoms with E-state index in [9.17, 15) is 0 Å². The Labute approximate surface area is 234 Å². The Morgan fingerprint density at radius 1 is 0.575 bits per heavy atom. The molecule has 4 aromatic heterocycles. The molecule has 0 N–H and O–H groups in total. The first-order valence-corrected chi connectivity index (χ1v) is 14.0. The Kier molecular flexibility index (Phi) is 5.28. The van der Waals surface area contributed by atoms with Gasteiger partial charge in [0, 0.05) is 50.2 Å². The van der Waals surface area contributed by atoms with E-state index in [1.807, 2.05) is 60.1 Å². The van der Waals surface area contributed by atoms with Crippen molar-refractivity contribution in [1.29, 1.82) is 0 Å². The molecule has 0 bridgehead atoms. The van der Waals surface area contributed by atoms with Crippen LogP contribution in [0.4, 0.5) is 0 Å². The van der Waals surface area contributed by atoms with Crippen LogP contribution in [0.25, 0.3) is 70.8 Å². The van der Waals surface area contributed by atoms with Gasteiger partial charge in [0.25, 0.3) is 0 Å². The summed E-state index contributed by atoms with van der Waals surface area (Å²) in [5, 5.41) is 2.35. The van der Waals surface area contributed by atoms with Gasteiger partial charge in [-0.25, -0.2) is 9.97 Å². The lowest BCUT2D eigenvalue weighted by Gasteiger charge is -2.10. The van der Waals surface area contributed by atoms with E-state index in [4.69, 9.17) is 9.97 Å². The van der Waals surface area contributed by atoms with Crippen LogP contribution in [0, 0.1) is 0 Å². The topological polar surface area (TPSA) is 43.6 Å². The summed E-state index contributed by atoms with van der Waals surface area (Å²) >= 11 is 1.81. The smallest absolute Gasteiger partial charge is 0.160 e. The van der Waals surface area contributed by atoms with Gasteiger partial charge in [0.1, 0.15) is 0 Å². The van der Waals surface area contributed by atoms with Crippen LogP contribution in [0.3, 0.4) is 0 Å². The third-order valence-electron chi connectivity index (χ3n) is 7.31. The Morgan fingerprint density at radius 3 is 1.90 bits per heavy atom. The lowest BCUT2D eigenvalue weighted by molar-refractivity contribution is 1.18. The summed E-state index contributed by atoms with van der Waals surface area (Å²) in [4.78, 5) is 14.6. The highest BCUT2D eigenvalue weighted by molar-refractivity contribution is 7.26. The molecule has 0 unspecified atom stereocenters. The van der Waals surface area contributed by atoms with Gasteiger partial charge >= 0.3 is 0 Å². The van der Waals surface area contributed by atoms with Gasteiger partial charge < -0.3 is 4.57 Å². The summed E-state index contributed by atoms with van der Waals surface area (Å²) < 4.78 is 4.82. The van der Waals surface area contributed by atoms with Crippen molar-refractivity contribution in [3.05, 3.63) is 134 Å². The second kappa shape index (κ2) is 9.26. The quantitative estimate of drug-likeness (QED) is 0.228. The maximum absolute atomic E-state index is 5.07. The van der Waals surface area contributed by atoms with Gasteiger partial charge in [-0.05, 0) is 42.5 Å². The minimum Gasteiger partial charge on any atom is -0.308 e. The SMILES string of the molecule is c1ccc(-c2cc(-c3ccccc3)nc(-c3ccc4sc5c6cnccc6n(-c6ccccc6)c5c4c3)n2)cc1. The molecule has 0 saturated carbocycles. The number of hydrogen-bond donors (Lipinski definition) is 0. The average molecular weight is 531 g/mol. The lowest BCUT2D eigenvalue weighted by Crippen LogP contribution is -1.96. The molecule has 0 aliphatic carbocycles. The van der Waals surface area contributed by atoms with Crippen molar-refractivity contribution in [3.63, 3.8) is 0 Å². The maximum Gasteiger partial charge on any atom is 0.160 e. The summed E-state index contributed by atoms with van der Waals surface area (Å²) in [5.74, 6) is 0.713. The number of aromatic nitrogens is 4. The van der Waals surface area contributed by atoms with Crippen LogP contribution in [0.2, 0.25) is 0 Å². The highest BCUT2D eigenvalue weighted by atomic mass is 32.1. The first-order chi connectivity index (χ1) is 19.8. The van der Waals surface area contributed by atoms with Crippen LogP contribution in [0.5, 0.6) is 0 Å². The molecule has 0 atom stereocenters. The predicted molar refractivity (Wildman–Crippen MR) is 166 cm³/mol.